The minimum absolute atomic E-state index is 0.165. The molecule has 1 aromatic rings. The van der Waals surface area contributed by atoms with Gasteiger partial charge in [0.25, 0.3) is 0 Å². The van der Waals surface area contributed by atoms with Gasteiger partial charge in [-0.15, -0.1) is 0 Å². The molecule has 0 aliphatic carbocycles. The van der Waals surface area contributed by atoms with Crippen LogP contribution in [0.3, 0.4) is 0 Å². The third-order valence-corrected chi connectivity index (χ3v) is 4.01. The van der Waals surface area contributed by atoms with Crippen LogP contribution in [0.15, 0.2) is 29.8 Å². The summed E-state index contributed by atoms with van der Waals surface area (Å²) in [5, 5.41) is 10.3. The van der Waals surface area contributed by atoms with Crippen LogP contribution in [0.25, 0.3) is 6.08 Å². The van der Waals surface area contributed by atoms with Crippen LogP contribution in [0.4, 0.5) is 0 Å². The molecule has 0 saturated carbocycles. The van der Waals surface area contributed by atoms with Gasteiger partial charge in [0, 0.05) is 17.0 Å². The van der Waals surface area contributed by atoms with E-state index in [0.717, 1.165) is 5.56 Å². The van der Waals surface area contributed by atoms with Gasteiger partial charge in [-0.3, -0.25) is 4.79 Å². The lowest BCUT2D eigenvalue weighted by Gasteiger charge is -2.25. The molecule has 1 aliphatic rings. The first kappa shape index (κ1) is 19.5. The molecule has 0 radical (unpaired) electrons. The highest BCUT2D eigenvalue weighted by atomic mass is 35.5. The topological polar surface area (TPSA) is 72.8 Å². The van der Waals surface area contributed by atoms with Crippen LogP contribution in [0.1, 0.15) is 39.2 Å². The number of aliphatic hydroxyl groups excluding tert-OH is 1. The number of aliphatic hydroxyl groups is 1. The molecule has 0 bridgehead atoms. The lowest BCUT2D eigenvalue weighted by Crippen LogP contribution is -2.39. The second kappa shape index (κ2) is 7.58. The van der Waals surface area contributed by atoms with E-state index >= 15 is 0 Å². The Morgan fingerprint density at radius 1 is 1.36 bits per heavy atom. The quantitative estimate of drug-likeness (QED) is 0.638. The van der Waals surface area contributed by atoms with Crippen LogP contribution >= 0.6 is 11.6 Å². The van der Waals surface area contributed by atoms with E-state index in [1.807, 2.05) is 20.8 Å². The number of ether oxygens (including phenoxy) is 2. The highest BCUT2D eigenvalue weighted by molar-refractivity contribution is 6.30. The SMILES string of the molecule is CC(C)(C)CC(=O)OCC1(CO)C/C(=C\c2ccc(Cl)cc2)C(=O)O1. The largest absolute Gasteiger partial charge is 0.461 e. The molecule has 5 nitrogen and oxygen atoms in total. The number of esters is 2. The molecule has 0 spiro atoms. The Labute approximate surface area is 152 Å². The second-order valence-electron chi connectivity index (χ2n) is 7.53. The molecule has 1 aliphatic heterocycles. The van der Waals surface area contributed by atoms with E-state index in [-0.39, 0.29) is 30.8 Å². The lowest BCUT2D eigenvalue weighted by atomic mass is 9.92. The van der Waals surface area contributed by atoms with Crippen LogP contribution in [0.2, 0.25) is 5.02 Å². The van der Waals surface area contributed by atoms with Crippen LogP contribution in [-0.4, -0.2) is 35.9 Å². The van der Waals surface area contributed by atoms with E-state index in [0.29, 0.717) is 10.6 Å². The van der Waals surface area contributed by atoms with Crippen molar-refractivity contribution in [1.82, 2.24) is 0 Å². The maximum absolute atomic E-state index is 12.1. The molecule has 2 rings (SSSR count). The molecule has 136 valence electrons. The van der Waals surface area contributed by atoms with Gasteiger partial charge in [0.1, 0.15) is 6.61 Å². The summed E-state index contributed by atoms with van der Waals surface area (Å²) in [6, 6.07) is 7.01. The van der Waals surface area contributed by atoms with Crippen molar-refractivity contribution in [2.75, 3.05) is 13.2 Å². The van der Waals surface area contributed by atoms with E-state index in [9.17, 15) is 14.7 Å². The fourth-order valence-corrected chi connectivity index (χ4v) is 2.62. The van der Waals surface area contributed by atoms with Gasteiger partial charge in [0.15, 0.2) is 5.60 Å². The Balaban J connectivity index is 2.06. The fraction of sp³-hybridized carbons (Fsp3) is 0.474. The third-order valence-electron chi connectivity index (χ3n) is 3.75. The molecule has 25 heavy (non-hydrogen) atoms. The molecule has 1 fully saturated rings. The molecular weight excluding hydrogens is 344 g/mol. The minimum Gasteiger partial charge on any atom is -0.461 e. The predicted octanol–water partition coefficient (Wildman–Crippen LogP) is 3.38. The van der Waals surface area contributed by atoms with Gasteiger partial charge in [-0.25, -0.2) is 4.79 Å². The maximum atomic E-state index is 12.1. The van der Waals surface area contributed by atoms with E-state index in [1.165, 1.54) is 0 Å². The minimum atomic E-state index is -1.22. The Kier molecular flexibility index (Phi) is 5.91. The van der Waals surface area contributed by atoms with Crippen molar-refractivity contribution in [3.8, 4) is 0 Å². The fourth-order valence-electron chi connectivity index (χ4n) is 2.50. The number of carbonyl (C=O) groups excluding carboxylic acids is 2. The summed E-state index contributed by atoms with van der Waals surface area (Å²) in [6.07, 6.45) is 2.11. The third kappa shape index (κ3) is 5.58. The molecule has 1 unspecified atom stereocenters. The van der Waals surface area contributed by atoms with E-state index in [2.05, 4.69) is 0 Å². The number of hydrogen-bond donors (Lipinski definition) is 1. The van der Waals surface area contributed by atoms with Crippen molar-refractivity contribution < 1.29 is 24.2 Å². The van der Waals surface area contributed by atoms with Crippen LogP contribution in [-0.2, 0) is 19.1 Å². The van der Waals surface area contributed by atoms with E-state index < -0.39 is 18.2 Å². The summed E-state index contributed by atoms with van der Waals surface area (Å²) in [6.45, 7) is 5.21. The first-order valence-corrected chi connectivity index (χ1v) is 8.46. The summed E-state index contributed by atoms with van der Waals surface area (Å²) < 4.78 is 10.6. The van der Waals surface area contributed by atoms with Crippen molar-refractivity contribution >= 4 is 29.6 Å². The Morgan fingerprint density at radius 3 is 2.56 bits per heavy atom. The molecule has 1 atom stereocenters. The number of hydrogen-bond acceptors (Lipinski definition) is 5. The molecule has 1 aromatic carbocycles. The van der Waals surface area contributed by atoms with Gasteiger partial charge in [0.05, 0.1) is 13.0 Å². The van der Waals surface area contributed by atoms with Crippen LogP contribution in [0, 0.1) is 5.41 Å². The average Bonchev–Trinajstić information content (AvgIpc) is 2.83. The van der Waals surface area contributed by atoms with Gasteiger partial charge in [0.2, 0.25) is 0 Å². The molecule has 0 amide bonds. The molecule has 0 aromatic heterocycles. The summed E-state index contributed by atoms with van der Waals surface area (Å²) in [4.78, 5) is 24.0. The Bertz CT molecular complexity index is 672. The number of benzene rings is 1. The smallest absolute Gasteiger partial charge is 0.334 e. The summed E-state index contributed by atoms with van der Waals surface area (Å²) in [5.74, 6) is -0.901. The highest BCUT2D eigenvalue weighted by Crippen LogP contribution is 2.33. The first-order chi connectivity index (χ1) is 11.6. The number of halogens is 1. The first-order valence-electron chi connectivity index (χ1n) is 8.08. The summed E-state index contributed by atoms with van der Waals surface area (Å²) >= 11 is 5.85. The highest BCUT2D eigenvalue weighted by Gasteiger charge is 2.44. The van der Waals surface area contributed by atoms with Crippen molar-refractivity contribution in [2.45, 2.75) is 39.2 Å². The Morgan fingerprint density at radius 2 is 2.00 bits per heavy atom. The van der Waals surface area contributed by atoms with Gasteiger partial charge in [-0.1, -0.05) is 44.5 Å². The standard InChI is InChI=1S/C19H23ClO5/c1-18(2,3)10-16(22)24-12-19(11-21)9-14(17(23)25-19)8-13-4-6-15(20)7-5-13/h4-8,21H,9-12H2,1-3H3/b14-8+. The van der Waals surface area contributed by atoms with Crippen molar-refractivity contribution in [3.05, 3.63) is 40.4 Å². The summed E-state index contributed by atoms with van der Waals surface area (Å²) in [5.41, 5.74) is -0.198. The van der Waals surface area contributed by atoms with E-state index in [4.69, 9.17) is 21.1 Å². The normalized spacial score (nSPS) is 22.1. The van der Waals surface area contributed by atoms with E-state index in [1.54, 1.807) is 30.3 Å². The van der Waals surface area contributed by atoms with Gasteiger partial charge in [-0.2, -0.15) is 0 Å². The predicted molar refractivity (Wildman–Crippen MR) is 95.0 cm³/mol. The molecule has 1 saturated heterocycles. The van der Waals surface area contributed by atoms with Gasteiger partial charge in [-0.05, 0) is 29.2 Å². The Hall–Kier alpha value is -1.85. The number of cyclic esters (lactones) is 1. The van der Waals surface area contributed by atoms with Gasteiger partial charge >= 0.3 is 11.9 Å². The second-order valence-corrected chi connectivity index (χ2v) is 7.96. The van der Waals surface area contributed by atoms with Crippen molar-refractivity contribution in [2.24, 2.45) is 5.41 Å². The zero-order chi connectivity index (χ0) is 18.7. The zero-order valence-electron chi connectivity index (χ0n) is 14.7. The molecular formula is C19H23ClO5. The summed E-state index contributed by atoms with van der Waals surface area (Å²) in [7, 11) is 0. The maximum Gasteiger partial charge on any atom is 0.334 e. The monoisotopic (exact) mass is 366 g/mol. The molecule has 1 heterocycles. The molecule has 1 N–H and O–H groups in total. The number of rotatable bonds is 5. The number of carbonyl (C=O) groups is 2. The molecule has 6 heteroatoms. The average molecular weight is 367 g/mol. The van der Waals surface area contributed by atoms with Crippen molar-refractivity contribution in [3.63, 3.8) is 0 Å². The van der Waals surface area contributed by atoms with Gasteiger partial charge < -0.3 is 14.6 Å². The zero-order valence-corrected chi connectivity index (χ0v) is 15.4. The van der Waals surface area contributed by atoms with Crippen LogP contribution < -0.4 is 0 Å². The van der Waals surface area contributed by atoms with Crippen molar-refractivity contribution in [1.29, 1.82) is 0 Å². The lowest BCUT2D eigenvalue weighted by molar-refractivity contribution is -0.167. The van der Waals surface area contributed by atoms with Crippen LogP contribution in [0.5, 0.6) is 0 Å².